The van der Waals surface area contributed by atoms with Gasteiger partial charge >= 0.3 is 5.97 Å². The van der Waals surface area contributed by atoms with E-state index < -0.39 is 12.0 Å². The third kappa shape index (κ3) is 4.12. The standard InChI is InChI=1S/C19H27NO3/c1-13(2)15-9-11-16(12-10-15)18(21)20(14(3)19(22)23)17-7-5-4-6-8-17/h4-8,13-16H,9-12H2,1-3H3,(H,22,23)/t14-,15?,16?/m0/s1. The summed E-state index contributed by atoms with van der Waals surface area (Å²) in [5.41, 5.74) is 0.665. The first-order chi connectivity index (χ1) is 10.9. The molecule has 0 aromatic heterocycles. The van der Waals surface area contributed by atoms with Gasteiger partial charge in [0.2, 0.25) is 5.91 Å². The Morgan fingerprint density at radius 1 is 1.04 bits per heavy atom. The van der Waals surface area contributed by atoms with Gasteiger partial charge in [-0.1, -0.05) is 32.0 Å². The van der Waals surface area contributed by atoms with Gasteiger partial charge in [0.05, 0.1) is 0 Å². The molecule has 1 saturated carbocycles. The largest absolute Gasteiger partial charge is 0.480 e. The van der Waals surface area contributed by atoms with E-state index in [1.165, 1.54) is 4.90 Å². The predicted octanol–water partition coefficient (Wildman–Crippen LogP) is 3.96. The zero-order valence-corrected chi connectivity index (χ0v) is 14.2. The molecule has 4 heteroatoms. The van der Waals surface area contributed by atoms with Gasteiger partial charge in [-0.15, -0.1) is 0 Å². The molecule has 1 N–H and O–H groups in total. The van der Waals surface area contributed by atoms with Crippen molar-refractivity contribution in [1.82, 2.24) is 0 Å². The van der Waals surface area contributed by atoms with Gasteiger partial charge in [0.15, 0.2) is 0 Å². The molecule has 0 spiro atoms. The van der Waals surface area contributed by atoms with E-state index in [0.717, 1.165) is 25.7 Å². The number of hydrogen-bond acceptors (Lipinski definition) is 2. The van der Waals surface area contributed by atoms with Gasteiger partial charge in [0.25, 0.3) is 0 Å². The van der Waals surface area contributed by atoms with E-state index in [4.69, 9.17) is 0 Å². The molecular formula is C19H27NO3. The maximum atomic E-state index is 13.0. The van der Waals surface area contributed by atoms with Crippen LogP contribution in [-0.2, 0) is 9.59 Å². The summed E-state index contributed by atoms with van der Waals surface area (Å²) >= 11 is 0. The van der Waals surface area contributed by atoms with E-state index in [9.17, 15) is 14.7 Å². The minimum atomic E-state index is -0.974. The molecule has 0 aliphatic heterocycles. The van der Waals surface area contributed by atoms with E-state index in [-0.39, 0.29) is 11.8 Å². The number of amides is 1. The number of rotatable bonds is 5. The molecule has 0 saturated heterocycles. The average molecular weight is 317 g/mol. The number of carboxylic acids is 1. The van der Waals surface area contributed by atoms with Crippen molar-refractivity contribution >= 4 is 17.6 Å². The lowest BCUT2D eigenvalue weighted by molar-refractivity contribution is -0.140. The molecule has 0 heterocycles. The van der Waals surface area contributed by atoms with Crippen molar-refractivity contribution in [2.75, 3.05) is 4.90 Å². The topological polar surface area (TPSA) is 57.6 Å². The second-order valence-corrected chi connectivity index (χ2v) is 6.91. The van der Waals surface area contributed by atoms with Crippen LogP contribution >= 0.6 is 0 Å². The molecule has 126 valence electrons. The third-order valence-corrected chi connectivity index (χ3v) is 5.08. The molecule has 0 bridgehead atoms. The van der Waals surface area contributed by atoms with Gasteiger partial charge < -0.3 is 5.11 Å². The first-order valence-corrected chi connectivity index (χ1v) is 8.52. The van der Waals surface area contributed by atoms with Crippen molar-refractivity contribution in [3.63, 3.8) is 0 Å². The molecule has 1 amide bonds. The monoisotopic (exact) mass is 317 g/mol. The number of nitrogens with zero attached hydrogens (tertiary/aromatic N) is 1. The highest BCUT2D eigenvalue weighted by molar-refractivity contribution is 6.00. The summed E-state index contributed by atoms with van der Waals surface area (Å²) in [4.78, 5) is 25.9. The smallest absolute Gasteiger partial charge is 0.326 e. The Balaban J connectivity index is 2.16. The van der Waals surface area contributed by atoms with Crippen LogP contribution in [0.5, 0.6) is 0 Å². The van der Waals surface area contributed by atoms with Crippen molar-refractivity contribution in [3.8, 4) is 0 Å². The van der Waals surface area contributed by atoms with Crippen LogP contribution < -0.4 is 4.90 Å². The Bertz CT molecular complexity index is 533. The van der Waals surface area contributed by atoms with Crippen molar-refractivity contribution in [2.45, 2.75) is 52.5 Å². The second kappa shape index (κ2) is 7.62. The fraction of sp³-hybridized carbons (Fsp3) is 0.579. The summed E-state index contributed by atoms with van der Waals surface area (Å²) < 4.78 is 0. The number of benzene rings is 1. The van der Waals surface area contributed by atoms with Crippen LogP contribution in [0.15, 0.2) is 30.3 Å². The van der Waals surface area contributed by atoms with Crippen molar-refractivity contribution in [3.05, 3.63) is 30.3 Å². The Kier molecular flexibility index (Phi) is 5.80. The minimum absolute atomic E-state index is 0.0479. The third-order valence-electron chi connectivity index (χ3n) is 5.08. The van der Waals surface area contributed by atoms with E-state index in [0.29, 0.717) is 17.5 Å². The summed E-state index contributed by atoms with van der Waals surface area (Å²) in [7, 11) is 0. The van der Waals surface area contributed by atoms with E-state index in [1.807, 2.05) is 18.2 Å². The molecule has 1 aromatic rings. The minimum Gasteiger partial charge on any atom is -0.480 e. The quantitative estimate of drug-likeness (QED) is 0.894. The predicted molar refractivity (Wildman–Crippen MR) is 91.3 cm³/mol. The average Bonchev–Trinajstić information content (AvgIpc) is 2.55. The SMILES string of the molecule is CC(C)C1CCC(C(=O)N(c2ccccc2)[C@@H](C)C(=O)O)CC1. The number of carboxylic acid groups (broad SMARTS) is 1. The fourth-order valence-electron chi connectivity index (χ4n) is 3.47. The van der Waals surface area contributed by atoms with E-state index >= 15 is 0 Å². The molecule has 2 rings (SSSR count). The summed E-state index contributed by atoms with van der Waals surface area (Å²) in [6, 6.07) is 8.28. The van der Waals surface area contributed by atoms with Crippen LogP contribution in [0.2, 0.25) is 0 Å². The van der Waals surface area contributed by atoms with Gasteiger partial charge in [0.1, 0.15) is 6.04 Å². The molecule has 1 fully saturated rings. The molecular weight excluding hydrogens is 290 g/mol. The van der Waals surface area contributed by atoms with Crippen LogP contribution in [-0.4, -0.2) is 23.0 Å². The Morgan fingerprint density at radius 2 is 1.61 bits per heavy atom. The maximum Gasteiger partial charge on any atom is 0.326 e. The fourth-order valence-corrected chi connectivity index (χ4v) is 3.47. The maximum absolute atomic E-state index is 13.0. The molecule has 0 unspecified atom stereocenters. The van der Waals surface area contributed by atoms with E-state index in [1.54, 1.807) is 19.1 Å². The van der Waals surface area contributed by atoms with Crippen LogP contribution in [0.1, 0.15) is 46.5 Å². The highest BCUT2D eigenvalue weighted by atomic mass is 16.4. The Hall–Kier alpha value is -1.84. The Labute approximate surface area is 138 Å². The number of para-hydroxylation sites is 1. The van der Waals surface area contributed by atoms with Gasteiger partial charge in [-0.3, -0.25) is 9.69 Å². The second-order valence-electron chi connectivity index (χ2n) is 6.91. The molecule has 1 aliphatic carbocycles. The molecule has 1 aromatic carbocycles. The summed E-state index contributed by atoms with van der Waals surface area (Å²) in [5, 5.41) is 9.38. The molecule has 1 atom stereocenters. The molecule has 0 radical (unpaired) electrons. The van der Waals surface area contributed by atoms with Gasteiger partial charge in [0, 0.05) is 11.6 Å². The summed E-state index contributed by atoms with van der Waals surface area (Å²) in [5.74, 6) is 0.244. The number of carbonyl (C=O) groups excluding carboxylic acids is 1. The Morgan fingerprint density at radius 3 is 2.09 bits per heavy atom. The van der Waals surface area contributed by atoms with Gasteiger partial charge in [-0.2, -0.15) is 0 Å². The van der Waals surface area contributed by atoms with Gasteiger partial charge in [-0.25, -0.2) is 4.79 Å². The first kappa shape index (κ1) is 17.5. The van der Waals surface area contributed by atoms with Crippen LogP contribution in [0.25, 0.3) is 0 Å². The van der Waals surface area contributed by atoms with Crippen LogP contribution in [0.4, 0.5) is 5.69 Å². The number of carbonyl (C=O) groups is 2. The number of hydrogen-bond donors (Lipinski definition) is 1. The number of aliphatic carboxylic acids is 1. The molecule has 1 aliphatic rings. The molecule has 4 nitrogen and oxygen atoms in total. The zero-order valence-electron chi connectivity index (χ0n) is 14.2. The summed E-state index contributed by atoms with van der Waals surface area (Å²) in [6.07, 6.45) is 3.82. The van der Waals surface area contributed by atoms with Crippen LogP contribution in [0, 0.1) is 17.8 Å². The first-order valence-electron chi connectivity index (χ1n) is 8.52. The lowest BCUT2D eigenvalue weighted by atomic mass is 9.76. The highest BCUT2D eigenvalue weighted by Gasteiger charge is 2.34. The van der Waals surface area contributed by atoms with Crippen molar-refractivity contribution in [1.29, 1.82) is 0 Å². The summed E-state index contributed by atoms with van der Waals surface area (Å²) in [6.45, 7) is 6.04. The van der Waals surface area contributed by atoms with Crippen molar-refractivity contribution in [2.24, 2.45) is 17.8 Å². The van der Waals surface area contributed by atoms with E-state index in [2.05, 4.69) is 13.8 Å². The van der Waals surface area contributed by atoms with Gasteiger partial charge in [-0.05, 0) is 56.6 Å². The molecule has 23 heavy (non-hydrogen) atoms. The zero-order chi connectivity index (χ0) is 17.0. The van der Waals surface area contributed by atoms with Crippen LogP contribution in [0.3, 0.4) is 0 Å². The lowest BCUT2D eigenvalue weighted by Crippen LogP contribution is -2.47. The lowest BCUT2D eigenvalue weighted by Gasteiger charge is -2.35. The highest BCUT2D eigenvalue weighted by Crippen LogP contribution is 2.35. The van der Waals surface area contributed by atoms with Crippen molar-refractivity contribution < 1.29 is 14.7 Å². The number of anilines is 1. The normalized spacial score (nSPS) is 22.6.